The highest BCUT2D eigenvalue weighted by molar-refractivity contribution is 5.28. The van der Waals surface area contributed by atoms with Crippen LogP contribution in [0, 0.1) is 0 Å². The van der Waals surface area contributed by atoms with E-state index < -0.39 is 6.10 Å². The number of benzene rings is 1. The first kappa shape index (κ1) is 20.5. The average molecular weight is 380 g/mol. The summed E-state index contributed by atoms with van der Waals surface area (Å²) in [6.07, 6.45) is -0.494. The number of nitrogens with zero attached hydrogens (tertiary/aromatic N) is 3. The zero-order valence-corrected chi connectivity index (χ0v) is 16.1. The van der Waals surface area contributed by atoms with E-state index in [1.807, 2.05) is 12.1 Å². The van der Waals surface area contributed by atoms with Crippen molar-refractivity contribution in [1.29, 1.82) is 0 Å². The summed E-state index contributed by atoms with van der Waals surface area (Å²) < 4.78 is 11.2. The van der Waals surface area contributed by atoms with Crippen LogP contribution >= 0.6 is 0 Å². The van der Waals surface area contributed by atoms with Gasteiger partial charge in [-0.3, -0.25) is 14.7 Å². The van der Waals surface area contributed by atoms with Gasteiger partial charge in [0.05, 0.1) is 19.8 Å². The highest BCUT2D eigenvalue weighted by Crippen LogP contribution is 2.16. The predicted molar refractivity (Wildman–Crippen MR) is 104 cm³/mol. The summed E-state index contributed by atoms with van der Waals surface area (Å²) in [6.45, 7) is 10.1. The normalized spacial score (nSPS) is 21.3. The Hall–Kier alpha value is -1.22. The van der Waals surface area contributed by atoms with Crippen molar-refractivity contribution in [3.63, 3.8) is 0 Å². The van der Waals surface area contributed by atoms with Gasteiger partial charge in [0.2, 0.25) is 0 Å². The van der Waals surface area contributed by atoms with E-state index >= 15 is 0 Å². The number of hydrogen-bond acceptors (Lipinski definition) is 7. The number of morpholine rings is 1. The lowest BCUT2D eigenvalue weighted by atomic mass is 10.2. The molecule has 2 heterocycles. The monoisotopic (exact) mass is 379 g/mol. The fraction of sp³-hybridized carbons (Fsp3) is 0.700. The second-order valence-corrected chi connectivity index (χ2v) is 7.37. The molecule has 2 N–H and O–H groups in total. The van der Waals surface area contributed by atoms with E-state index in [9.17, 15) is 5.11 Å². The molecule has 0 unspecified atom stereocenters. The minimum Gasteiger partial charge on any atom is -0.491 e. The van der Waals surface area contributed by atoms with Crippen LogP contribution in [0.2, 0.25) is 0 Å². The minimum atomic E-state index is -0.494. The second kappa shape index (κ2) is 10.9. The van der Waals surface area contributed by atoms with Crippen molar-refractivity contribution in [3.05, 3.63) is 29.8 Å². The Morgan fingerprint density at radius 1 is 1.00 bits per heavy atom. The Kier molecular flexibility index (Phi) is 8.32. The molecule has 0 spiro atoms. The van der Waals surface area contributed by atoms with Gasteiger partial charge in [-0.2, -0.15) is 0 Å². The molecule has 7 heteroatoms. The van der Waals surface area contributed by atoms with Crippen molar-refractivity contribution in [1.82, 2.24) is 14.7 Å². The number of ether oxygens (including phenoxy) is 2. The molecule has 0 aromatic heterocycles. The van der Waals surface area contributed by atoms with Gasteiger partial charge in [0, 0.05) is 58.9 Å². The van der Waals surface area contributed by atoms with E-state index in [0.717, 1.165) is 71.3 Å². The first-order valence-corrected chi connectivity index (χ1v) is 9.98. The van der Waals surface area contributed by atoms with Crippen LogP contribution in [-0.2, 0) is 11.3 Å². The zero-order valence-electron chi connectivity index (χ0n) is 16.1. The molecular formula is C20H33N3O4. The molecule has 3 rings (SSSR count). The van der Waals surface area contributed by atoms with Crippen LogP contribution in [0.15, 0.2) is 24.3 Å². The summed E-state index contributed by atoms with van der Waals surface area (Å²) >= 11 is 0. The van der Waals surface area contributed by atoms with Crippen LogP contribution in [0.3, 0.4) is 0 Å². The molecule has 27 heavy (non-hydrogen) atoms. The summed E-state index contributed by atoms with van der Waals surface area (Å²) in [4.78, 5) is 6.94. The molecule has 0 bridgehead atoms. The number of hydrogen-bond donors (Lipinski definition) is 2. The van der Waals surface area contributed by atoms with Crippen LogP contribution in [0.4, 0.5) is 0 Å². The van der Waals surface area contributed by atoms with E-state index in [1.54, 1.807) is 0 Å². The third kappa shape index (κ3) is 7.03. The summed E-state index contributed by atoms with van der Waals surface area (Å²) in [5.41, 5.74) is 1.23. The standard InChI is InChI=1S/C20H33N3O4/c24-11-8-21-4-6-22(7-5-21)15-18-2-1-3-20(14-18)27-17-19(25)16-23-9-12-26-13-10-23/h1-3,14,19,24-25H,4-13,15-17H2/t19-/m1/s1. The average Bonchev–Trinajstić information content (AvgIpc) is 2.69. The van der Waals surface area contributed by atoms with E-state index in [0.29, 0.717) is 13.2 Å². The lowest BCUT2D eigenvalue weighted by Crippen LogP contribution is -2.46. The molecule has 0 amide bonds. The number of rotatable bonds is 9. The quantitative estimate of drug-likeness (QED) is 0.619. The van der Waals surface area contributed by atoms with Gasteiger partial charge in [0.25, 0.3) is 0 Å². The van der Waals surface area contributed by atoms with Gasteiger partial charge in [0.15, 0.2) is 0 Å². The molecule has 1 aromatic carbocycles. The number of piperazine rings is 1. The van der Waals surface area contributed by atoms with E-state index in [1.165, 1.54) is 5.56 Å². The fourth-order valence-electron chi connectivity index (χ4n) is 3.63. The maximum Gasteiger partial charge on any atom is 0.119 e. The van der Waals surface area contributed by atoms with Gasteiger partial charge < -0.3 is 19.7 Å². The summed E-state index contributed by atoms with van der Waals surface area (Å²) in [7, 11) is 0. The van der Waals surface area contributed by atoms with Crippen LogP contribution in [-0.4, -0.2) is 110 Å². The molecule has 2 fully saturated rings. The lowest BCUT2D eigenvalue weighted by Gasteiger charge is -2.34. The molecule has 2 saturated heterocycles. The van der Waals surface area contributed by atoms with Gasteiger partial charge in [-0.25, -0.2) is 0 Å². The van der Waals surface area contributed by atoms with Crippen molar-refractivity contribution in [3.8, 4) is 5.75 Å². The minimum absolute atomic E-state index is 0.233. The van der Waals surface area contributed by atoms with Crippen molar-refractivity contribution < 1.29 is 19.7 Å². The topological polar surface area (TPSA) is 68.6 Å². The predicted octanol–water partition coefficient (Wildman–Crippen LogP) is -0.132. The van der Waals surface area contributed by atoms with Crippen molar-refractivity contribution in [2.45, 2.75) is 12.6 Å². The van der Waals surface area contributed by atoms with Gasteiger partial charge in [0.1, 0.15) is 18.5 Å². The highest BCUT2D eigenvalue weighted by Gasteiger charge is 2.17. The maximum absolute atomic E-state index is 10.2. The van der Waals surface area contributed by atoms with Gasteiger partial charge >= 0.3 is 0 Å². The van der Waals surface area contributed by atoms with Gasteiger partial charge in [-0.1, -0.05) is 12.1 Å². The largest absolute Gasteiger partial charge is 0.491 e. The van der Waals surface area contributed by atoms with Crippen molar-refractivity contribution >= 4 is 0 Å². The first-order chi connectivity index (χ1) is 13.2. The Balaban J connectivity index is 1.40. The van der Waals surface area contributed by atoms with E-state index in [-0.39, 0.29) is 6.61 Å². The van der Waals surface area contributed by atoms with Gasteiger partial charge in [-0.05, 0) is 17.7 Å². The van der Waals surface area contributed by atoms with Crippen LogP contribution in [0.5, 0.6) is 5.75 Å². The second-order valence-electron chi connectivity index (χ2n) is 7.37. The molecule has 1 aromatic rings. The lowest BCUT2D eigenvalue weighted by molar-refractivity contribution is 0.00464. The number of aliphatic hydroxyl groups is 2. The molecule has 1 atom stereocenters. The summed E-state index contributed by atoms with van der Waals surface area (Å²) in [6, 6.07) is 8.16. The molecule has 0 saturated carbocycles. The number of β-amino-alcohol motifs (C(OH)–C–C–N with tert-alkyl or cyclic N) is 2. The molecule has 2 aliphatic rings. The van der Waals surface area contributed by atoms with Gasteiger partial charge in [-0.15, -0.1) is 0 Å². The Labute approximate surface area is 162 Å². The first-order valence-electron chi connectivity index (χ1n) is 9.98. The zero-order chi connectivity index (χ0) is 18.9. The SMILES string of the molecule is OCCN1CCN(Cc2cccc(OC[C@H](O)CN3CCOCC3)c2)CC1. The molecule has 7 nitrogen and oxygen atoms in total. The van der Waals surface area contributed by atoms with Crippen LogP contribution < -0.4 is 4.74 Å². The Bertz CT molecular complexity index is 546. The van der Waals surface area contributed by atoms with E-state index in [2.05, 4.69) is 26.8 Å². The Morgan fingerprint density at radius 2 is 1.74 bits per heavy atom. The fourth-order valence-corrected chi connectivity index (χ4v) is 3.63. The highest BCUT2D eigenvalue weighted by atomic mass is 16.5. The van der Waals surface area contributed by atoms with E-state index in [4.69, 9.17) is 14.6 Å². The number of aliphatic hydroxyl groups excluding tert-OH is 2. The van der Waals surface area contributed by atoms with Crippen molar-refractivity contribution in [2.75, 3.05) is 78.8 Å². The van der Waals surface area contributed by atoms with Crippen LogP contribution in [0.25, 0.3) is 0 Å². The molecule has 2 aliphatic heterocycles. The third-order valence-corrected chi connectivity index (χ3v) is 5.20. The molecular weight excluding hydrogens is 346 g/mol. The summed E-state index contributed by atoms with van der Waals surface area (Å²) in [5.74, 6) is 0.812. The van der Waals surface area contributed by atoms with Crippen LogP contribution in [0.1, 0.15) is 5.56 Å². The maximum atomic E-state index is 10.2. The molecule has 0 aliphatic carbocycles. The third-order valence-electron chi connectivity index (χ3n) is 5.20. The summed E-state index contributed by atoms with van der Waals surface area (Å²) in [5, 5.41) is 19.3. The molecule has 152 valence electrons. The van der Waals surface area contributed by atoms with Crippen molar-refractivity contribution in [2.24, 2.45) is 0 Å². The molecule has 0 radical (unpaired) electrons. The Morgan fingerprint density at radius 3 is 2.48 bits per heavy atom. The smallest absolute Gasteiger partial charge is 0.119 e.